The van der Waals surface area contributed by atoms with Crippen molar-refractivity contribution in [1.29, 1.82) is 0 Å². The Hall–Kier alpha value is -2.01. The van der Waals surface area contributed by atoms with Gasteiger partial charge in [0.1, 0.15) is 11.7 Å². The Morgan fingerprint density at radius 3 is 2.40 bits per heavy atom. The number of halogens is 5. The number of piperazine rings is 1. The highest BCUT2D eigenvalue weighted by Gasteiger charge is 2.39. The van der Waals surface area contributed by atoms with Gasteiger partial charge in [0.15, 0.2) is 0 Å². The number of carbonyl (C=O) groups is 2. The summed E-state index contributed by atoms with van der Waals surface area (Å²) in [5.41, 5.74) is 0.697. The summed E-state index contributed by atoms with van der Waals surface area (Å²) in [7, 11) is 2.09. The number of amides is 2. The van der Waals surface area contributed by atoms with Crippen molar-refractivity contribution < 1.29 is 22.8 Å². The molecule has 12 heteroatoms. The largest absolute Gasteiger partial charge is 0.391 e. The summed E-state index contributed by atoms with van der Waals surface area (Å²) in [6, 6.07) is 5.23. The number of hydrogen-bond acceptors (Lipinski definition) is 4. The number of rotatable bonds is 5. The first-order valence-corrected chi connectivity index (χ1v) is 11.8. The van der Waals surface area contributed by atoms with E-state index < -0.39 is 30.5 Å². The van der Waals surface area contributed by atoms with E-state index in [1.165, 1.54) is 11.0 Å². The van der Waals surface area contributed by atoms with Gasteiger partial charge in [-0.05, 0) is 57.2 Å². The van der Waals surface area contributed by atoms with Gasteiger partial charge in [-0.1, -0.05) is 11.6 Å². The molecule has 2 saturated heterocycles. The first kappa shape index (κ1) is 27.6. The van der Waals surface area contributed by atoms with E-state index in [1.807, 2.05) is 0 Å². The van der Waals surface area contributed by atoms with Gasteiger partial charge < -0.3 is 20.1 Å². The number of benzene rings is 1. The standard InChI is InChI=1S/C23H29ClF3N5O2.ClH/c1-30-6-4-17(5-7-30)31-8-10-32(11-9-31)22(34)20(14-23(25,26)27)29-21(33)19-13-15-12-16(24)2-3-18(15)28-19;/h2-3,12-13,17,20,28H,4-11,14H2,1H3,(H,29,33);1H/t20-;/m1./s1. The average molecular weight is 536 g/mol. The summed E-state index contributed by atoms with van der Waals surface area (Å²) in [5, 5.41) is 3.44. The van der Waals surface area contributed by atoms with Gasteiger partial charge in [0.25, 0.3) is 5.91 Å². The van der Waals surface area contributed by atoms with Crippen molar-refractivity contribution in [3.63, 3.8) is 0 Å². The van der Waals surface area contributed by atoms with Gasteiger partial charge in [-0.25, -0.2) is 0 Å². The Bertz CT molecular complexity index is 1030. The van der Waals surface area contributed by atoms with Crippen molar-refractivity contribution in [2.24, 2.45) is 0 Å². The quantitative estimate of drug-likeness (QED) is 0.614. The first-order valence-electron chi connectivity index (χ1n) is 11.5. The van der Waals surface area contributed by atoms with Gasteiger partial charge >= 0.3 is 6.18 Å². The average Bonchev–Trinajstić information content (AvgIpc) is 3.21. The van der Waals surface area contributed by atoms with E-state index >= 15 is 0 Å². The minimum absolute atomic E-state index is 0. The van der Waals surface area contributed by atoms with Gasteiger partial charge in [0, 0.05) is 48.1 Å². The van der Waals surface area contributed by atoms with Crippen LogP contribution in [0.4, 0.5) is 13.2 Å². The molecule has 0 saturated carbocycles. The van der Waals surface area contributed by atoms with Crippen LogP contribution < -0.4 is 5.32 Å². The van der Waals surface area contributed by atoms with E-state index in [2.05, 4.69) is 27.1 Å². The molecule has 2 N–H and O–H groups in total. The molecule has 1 aromatic heterocycles. The fourth-order valence-corrected chi connectivity index (χ4v) is 4.96. The summed E-state index contributed by atoms with van der Waals surface area (Å²) in [6.45, 7) is 3.97. The topological polar surface area (TPSA) is 71.7 Å². The van der Waals surface area contributed by atoms with Gasteiger partial charge in [-0.15, -0.1) is 12.4 Å². The van der Waals surface area contributed by atoms with Crippen molar-refractivity contribution in [2.45, 2.75) is 37.5 Å². The highest BCUT2D eigenvalue weighted by molar-refractivity contribution is 6.31. The maximum Gasteiger partial charge on any atom is 0.391 e. The maximum atomic E-state index is 13.3. The summed E-state index contributed by atoms with van der Waals surface area (Å²) in [4.78, 5) is 34.7. The maximum absolute atomic E-state index is 13.3. The molecule has 7 nitrogen and oxygen atoms in total. The van der Waals surface area contributed by atoms with Crippen LogP contribution in [0.25, 0.3) is 10.9 Å². The van der Waals surface area contributed by atoms with Crippen molar-refractivity contribution >= 4 is 46.7 Å². The smallest absolute Gasteiger partial charge is 0.351 e. The van der Waals surface area contributed by atoms with Crippen LogP contribution in [0.5, 0.6) is 0 Å². The van der Waals surface area contributed by atoms with E-state index in [0.29, 0.717) is 48.1 Å². The molecule has 3 heterocycles. The number of aromatic amines is 1. The van der Waals surface area contributed by atoms with Crippen LogP contribution in [-0.4, -0.2) is 96.1 Å². The molecule has 2 aliphatic heterocycles. The number of nitrogens with one attached hydrogen (secondary N) is 2. The predicted molar refractivity (Wildman–Crippen MR) is 131 cm³/mol. The first-order chi connectivity index (χ1) is 16.1. The zero-order valence-electron chi connectivity index (χ0n) is 19.4. The normalized spacial score (nSPS) is 19.4. The second-order valence-corrected chi connectivity index (χ2v) is 9.59. The number of carbonyl (C=O) groups excluding carboxylic acids is 2. The number of aromatic nitrogens is 1. The van der Waals surface area contributed by atoms with E-state index in [4.69, 9.17) is 11.6 Å². The van der Waals surface area contributed by atoms with Gasteiger partial charge in [0.2, 0.25) is 5.91 Å². The lowest BCUT2D eigenvalue weighted by molar-refractivity contribution is -0.155. The van der Waals surface area contributed by atoms with Crippen molar-refractivity contribution in [1.82, 2.24) is 25.0 Å². The Balaban J connectivity index is 0.00000342. The second kappa shape index (κ2) is 11.4. The fraction of sp³-hybridized carbons (Fsp3) is 0.565. The minimum atomic E-state index is -4.60. The lowest BCUT2D eigenvalue weighted by Gasteiger charge is -2.42. The number of nitrogens with zero attached hydrogens (tertiary/aromatic N) is 3. The molecule has 0 bridgehead atoms. The van der Waals surface area contributed by atoms with Gasteiger partial charge in [-0.2, -0.15) is 13.2 Å². The van der Waals surface area contributed by atoms with Crippen molar-refractivity contribution in [3.05, 3.63) is 35.0 Å². The highest BCUT2D eigenvalue weighted by Crippen LogP contribution is 2.25. The predicted octanol–water partition coefficient (Wildman–Crippen LogP) is 3.53. The molecule has 1 aromatic carbocycles. The van der Waals surface area contributed by atoms with Crippen LogP contribution in [0, 0.1) is 0 Å². The summed E-state index contributed by atoms with van der Waals surface area (Å²) < 4.78 is 39.8. The number of hydrogen-bond donors (Lipinski definition) is 2. The number of piperidine rings is 1. The van der Waals surface area contributed by atoms with Crippen LogP contribution in [-0.2, 0) is 4.79 Å². The van der Waals surface area contributed by atoms with Gasteiger partial charge in [-0.3, -0.25) is 14.5 Å². The molecule has 2 amide bonds. The third kappa shape index (κ3) is 7.03. The minimum Gasteiger partial charge on any atom is -0.351 e. The zero-order chi connectivity index (χ0) is 24.5. The molecule has 4 rings (SSSR count). The van der Waals surface area contributed by atoms with E-state index in [9.17, 15) is 22.8 Å². The number of alkyl halides is 3. The van der Waals surface area contributed by atoms with E-state index in [0.717, 1.165) is 25.9 Å². The summed E-state index contributed by atoms with van der Waals surface area (Å²) in [6.07, 6.45) is -3.92. The molecule has 1 atom stereocenters. The van der Waals surface area contributed by atoms with Crippen LogP contribution >= 0.6 is 24.0 Å². The Kier molecular flexibility index (Phi) is 8.96. The highest BCUT2D eigenvalue weighted by atomic mass is 35.5. The second-order valence-electron chi connectivity index (χ2n) is 9.16. The van der Waals surface area contributed by atoms with Gasteiger partial charge in [0.05, 0.1) is 6.42 Å². The Morgan fingerprint density at radius 2 is 1.77 bits per heavy atom. The number of fused-ring (bicyclic) bond motifs is 1. The van der Waals surface area contributed by atoms with E-state index in [1.54, 1.807) is 18.2 Å². The van der Waals surface area contributed by atoms with Crippen LogP contribution in [0.3, 0.4) is 0 Å². The third-order valence-electron chi connectivity index (χ3n) is 6.70. The fourth-order valence-electron chi connectivity index (χ4n) is 4.78. The molecular weight excluding hydrogens is 506 g/mol. The lowest BCUT2D eigenvalue weighted by Crippen LogP contribution is -2.58. The molecule has 2 aromatic rings. The molecule has 0 spiro atoms. The molecule has 2 fully saturated rings. The molecule has 0 aliphatic carbocycles. The Morgan fingerprint density at radius 1 is 1.11 bits per heavy atom. The monoisotopic (exact) mass is 535 g/mol. The molecule has 0 unspecified atom stereocenters. The van der Waals surface area contributed by atoms with E-state index in [-0.39, 0.29) is 18.1 Å². The molecule has 35 heavy (non-hydrogen) atoms. The van der Waals surface area contributed by atoms with Crippen molar-refractivity contribution in [3.8, 4) is 0 Å². The summed E-state index contributed by atoms with van der Waals surface area (Å²) in [5.74, 6) is -1.47. The van der Waals surface area contributed by atoms with Crippen molar-refractivity contribution in [2.75, 3.05) is 46.3 Å². The lowest BCUT2D eigenvalue weighted by atomic mass is 10.0. The third-order valence-corrected chi connectivity index (χ3v) is 6.93. The number of H-pyrrole nitrogens is 1. The van der Waals surface area contributed by atoms with Crippen LogP contribution in [0.1, 0.15) is 29.8 Å². The van der Waals surface area contributed by atoms with Crippen LogP contribution in [0.15, 0.2) is 24.3 Å². The Labute approximate surface area is 213 Å². The molecule has 2 aliphatic rings. The molecular formula is C23H30Cl2F3N5O2. The zero-order valence-corrected chi connectivity index (χ0v) is 21.0. The SMILES string of the molecule is CN1CCC(N2CCN(C(=O)[C@@H](CC(F)(F)F)NC(=O)c3cc4cc(Cl)ccc4[nH]3)CC2)CC1.Cl. The molecule has 0 radical (unpaired) electrons. The molecule has 194 valence electrons. The van der Waals surface area contributed by atoms with Crippen LogP contribution in [0.2, 0.25) is 5.02 Å². The number of likely N-dealkylation sites (tertiary alicyclic amines) is 1. The summed E-state index contributed by atoms with van der Waals surface area (Å²) >= 11 is 5.96.